The maximum atomic E-state index is 13.2. The van der Waals surface area contributed by atoms with Crippen molar-refractivity contribution in [1.82, 2.24) is 25.6 Å². The molecule has 0 radical (unpaired) electrons. The zero-order valence-corrected chi connectivity index (χ0v) is 21.3. The van der Waals surface area contributed by atoms with Gasteiger partial charge in [-0.1, -0.05) is 0 Å². The van der Waals surface area contributed by atoms with Crippen LogP contribution in [-0.2, 0) is 9.53 Å². The Morgan fingerprint density at radius 2 is 1.89 bits per heavy atom. The van der Waals surface area contributed by atoms with E-state index in [0.717, 1.165) is 25.7 Å². The minimum atomic E-state index is -1.04. The van der Waals surface area contributed by atoms with Gasteiger partial charge >= 0.3 is 0 Å². The Morgan fingerprint density at radius 3 is 2.63 bits per heavy atom. The number of amides is 2. The first kappa shape index (κ1) is 25.7. The highest BCUT2D eigenvalue weighted by Crippen LogP contribution is 2.47. The number of hydrogen-bond donors (Lipinski definition) is 4. The molecule has 1 aliphatic heterocycles. The van der Waals surface area contributed by atoms with E-state index in [0.29, 0.717) is 58.3 Å². The fraction of sp³-hybridized carbons (Fsp3) is 0.462. The molecule has 1 aliphatic carbocycles. The van der Waals surface area contributed by atoms with Crippen molar-refractivity contribution in [2.75, 3.05) is 27.1 Å². The highest BCUT2D eigenvalue weighted by atomic mass is 16.7. The van der Waals surface area contributed by atoms with Crippen LogP contribution in [0.5, 0.6) is 17.2 Å². The van der Waals surface area contributed by atoms with Crippen molar-refractivity contribution in [2.24, 2.45) is 0 Å². The molecule has 2 aromatic heterocycles. The fourth-order valence-corrected chi connectivity index (χ4v) is 4.80. The fourth-order valence-electron chi connectivity index (χ4n) is 4.80. The molecule has 1 atom stereocenters. The Morgan fingerprint density at radius 1 is 1.13 bits per heavy atom. The standard InChI is InChI=1S/C26H31N5O7/c1-14(32)25(33)30-15-3-5-16(6-4-15)31-26(34)17-11-27-23-21(17)28-12-29-22(23)20-18(36-10-9-35-2)7-8-19-24(20)38-13-37-19/h7-8,11-12,14-16,27,32H,3-6,9-10,13H2,1-2H3,(H,30,33)(H,31,34)/t14-,15-,16+/m0/s1. The second kappa shape index (κ2) is 11.2. The third-order valence-corrected chi connectivity index (χ3v) is 6.78. The molecular formula is C26H31N5O7. The maximum Gasteiger partial charge on any atom is 0.255 e. The number of nitrogens with one attached hydrogen (secondary N) is 3. The molecule has 2 amide bonds. The molecule has 2 aliphatic rings. The van der Waals surface area contributed by atoms with Crippen molar-refractivity contribution < 1.29 is 33.6 Å². The topological polar surface area (TPSA) is 157 Å². The van der Waals surface area contributed by atoms with Gasteiger partial charge in [0, 0.05) is 25.4 Å². The molecule has 3 aromatic rings. The Hall–Kier alpha value is -3.90. The summed E-state index contributed by atoms with van der Waals surface area (Å²) in [5.74, 6) is 1.02. The van der Waals surface area contributed by atoms with Crippen molar-refractivity contribution in [1.29, 1.82) is 0 Å². The molecule has 0 unspecified atom stereocenters. The number of rotatable bonds is 9. The first-order valence-electron chi connectivity index (χ1n) is 12.6. The lowest BCUT2D eigenvalue weighted by molar-refractivity contribution is -0.129. The normalized spacial score (nSPS) is 19.2. The smallest absolute Gasteiger partial charge is 0.255 e. The molecule has 4 N–H and O–H groups in total. The van der Waals surface area contributed by atoms with Gasteiger partial charge < -0.3 is 39.7 Å². The molecule has 0 saturated heterocycles. The number of carbonyl (C=O) groups is 2. The van der Waals surface area contributed by atoms with Crippen molar-refractivity contribution >= 4 is 22.8 Å². The van der Waals surface area contributed by atoms with Crippen LogP contribution in [0.3, 0.4) is 0 Å². The number of ether oxygens (including phenoxy) is 4. The first-order chi connectivity index (χ1) is 18.5. The van der Waals surface area contributed by atoms with Gasteiger partial charge in [-0.2, -0.15) is 0 Å². The van der Waals surface area contributed by atoms with Crippen LogP contribution < -0.4 is 24.8 Å². The SMILES string of the molecule is COCCOc1ccc2c(c1-c1ncnc3c(C(=O)N[C@H]4CC[C@@H](NC(=O)[C@H](C)O)CC4)c[nH]c13)OCO2. The minimum Gasteiger partial charge on any atom is -0.490 e. The molecule has 0 bridgehead atoms. The predicted octanol–water partition coefficient (Wildman–Crippen LogP) is 1.92. The number of carbonyl (C=O) groups excluding carboxylic acids is 2. The summed E-state index contributed by atoms with van der Waals surface area (Å²) in [6, 6.07) is 3.54. The largest absolute Gasteiger partial charge is 0.490 e. The third kappa shape index (κ3) is 5.22. The predicted molar refractivity (Wildman–Crippen MR) is 136 cm³/mol. The summed E-state index contributed by atoms with van der Waals surface area (Å²) < 4.78 is 22.4. The second-order valence-corrected chi connectivity index (χ2v) is 9.37. The highest BCUT2D eigenvalue weighted by molar-refractivity contribution is 6.08. The van der Waals surface area contributed by atoms with Gasteiger partial charge in [-0.05, 0) is 44.7 Å². The van der Waals surface area contributed by atoms with E-state index in [4.69, 9.17) is 18.9 Å². The summed E-state index contributed by atoms with van der Waals surface area (Å²) in [4.78, 5) is 37.1. The molecular weight excluding hydrogens is 494 g/mol. The summed E-state index contributed by atoms with van der Waals surface area (Å²) in [6.07, 6.45) is 4.87. The van der Waals surface area contributed by atoms with E-state index in [1.54, 1.807) is 25.4 Å². The lowest BCUT2D eigenvalue weighted by Crippen LogP contribution is -2.45. The summed E-state index contributed by atoms with van der Waals surface area (Å²) in [6.45, 7) is 2.27. The van der Waals surface area contributed by atoms with Gasteiger partial charge in [0.25, 0.3) is 5.91 Å². The van der Waals surface area contributed by atoms with Crippen LogP contribution in [0.2, 0.25) is 0 Å². The number of aliphatic hydroxyl groups is 1. The zero-order valence-electron chi connectivity index (χ0n) is 21.3. The Labute approximate surface area is 219 Å². The highest BCUT2D eigenvalue weighted by Gasteiger charge is 2.29. The molecule has 0 spiro atoms. The number of fused-ring (bicyclic) bond motifs is 2. The second-order valence-electron chi connectivity index (χ2n) is 9.37. The van der Waals surface area contributed by atoms with Gasteiger partial charge in [-0.15, -0.1) is 0 Å². The van der Waals surface area contributed by atoms with Crippen LogP contribution in [0.1, 0.15) is 43.0 Å². The van der Waals surface area contributed by atoms with E-state index in [9.17, 15) is 14.7 Å². The van der Waals surface area contributed by atoms with Crippen molar-refractivity contribution in [3.8, 4) is 28.5 Å². The zero-order chi connectivity index (χ0) is 26.6. The monoisotopic (exact) mass is 525 g/mol. The molecule has 1 aromatic carbocycles. The van der Waals surface area contributed by atoms with E-state index in [2.05, 4.69) is 25.6 Å². The number of benzene rings is 1. The number of nitrogens with zero attached hydrogens (tertiary/aromatic N) is 2. The lowest BCUT2D eigenvalue weighted by atomic mass is 9.91. The third-order valence-electron chi connectivity index (χ3n) is 6.78. The Bertz CT molecular complexity index is 1320. The van der Waals surface area contributed by atoms with Crippen LogP contribution in [-0.4, -0.2) is 77.2 Å². The van der Waals surface area contributed by atoms with Crippen LogP contribution in [0.15, 0.2) is 24.7 Å². The van der Waals surface area contributed by atoms with E-state index < -0.39 is 6.10 Å². The molecule has 5 rings (SSSR count). The molecule has 1 saturated carbocycles. The summed E-state index contributed by atoms with van der Waals surface area (Å²) in [5.41, 5.74) is 2.58. The molecule has 38 heavy (non-hydrogen) atoms. The summed E-state index contributed by atoms with van der Waals surface area (Å²) in [5, 5.41) is 15.3. The number of aromatic amines is 1. The van der Waals surface area contributed by atoms with E-state index in [1.165, 1.54) is 13.3 Å². The minimum absolute atomic E-state index is 0.00672. The van der Waals surface area contributed by atoms with Crippen molar-refractivity contribution in [3.05, 3.63) is 30.2 Å². The average molecular weight is 526 g/mol. The number of aromatic nitrogens is 3. The molecule has 12 nitrogen and oxygen atoms in total. The Balaban J connectivity index is 1.36. The summed E-state index contributed by atoms with van der Waals surface area (Å²) >= 11 is 0. The van der Waals surface area contributed by atoms with Gasteiger partial charge in [0.1, 0.15) is 36.0 Å². The average Bonchev–Trinajstić information content (AvgIpc) is 3.57. The van der Waals surface area contributed by atoms with Crippen LogP contribution in [0.25, 0.3) is 22.3 Å². The molecule has 202 valence electrons. The summed E-state index contributed by atoms with van der Waals surface area (Å²) in [7, 11) is 1.60. The van der Waals surface area contributed by atoms with Crippen LogP contribution >= 0.6 is 0 Å². The van der Waals surface area contributed by atoms with Gasteiger partial charge in [0.05, 0.1) is 23.3 Å². The van der Waals surface area contributed by atoms with Gasteiger partial charge in [-0.3, -0.25) is 9.59 Å². The van der Waals surface area contributed by atoms with Gasteiger partial charge in [-0.25, -0.2) is 9.97 Å². The van der Waals surface area contributed by atoms with E-state index >= 15 is 0 Å². The number of H-pyrrole nitrogens is 1. The first-order valence-corrected chi connectivity index (χ1v) is 12.6. The van der Waals surface area contributed by atoms with Crippen molar-refractivity contribution in [3.63, 3.8) is 0 Å². The molecule has 1 fully saturated rings. The van der Waals surface area contributed by atoms with Gasteiger partial charge in [0.15, 0.2) is 11.5 Å². The van der Waals surface area contributed by atoms with Crippen LogP contribution in [0.4, 0.5) is 0 Å². The lowest BCUT2D eigenvalue weighted by Gasteiger charge is -2.29. The Kier molecular flexibility index (Phi) is 7.61. The molecule has 12 heteroatoms. The van der Waals surface area contributed by atoms with Crippen LogP contribution in [0, 0.1) is 0 Å². The van der Waals surface area contributed by atoms with E-state index in [1.807, 2.05) is 0 Å². The number of hydrogen-bond acceptors (Lipinski definition) is 9. The number of methoxy groups -OCH3 is 1. The van der Waals surface area contributed by atoms with E-state index in [-0.39, 0.29) is 30.7 Å². The maximum absolute atomic E-state index is 13.2. The molecule has 3 heterocycles. The van der Waals surface area contributed by atoms with Gasteiger partial charge in [0.2, 0.25) is 12.7 Å². The number of aliphatic hydroxyl groups excluding tert-OH is 1. The van der Waals surface area contributed by atoms with Crippen molar-refractivity contribution in [2.45, 2.75) is 50.8 Å². The quantitative estimate of drug-likeness (QED) is 0.306.